The zero-order valence-electron chi connectivity index (χ0n) is 7.31. The van der Waals surface area contributed by atoms with Crippen LogP contribution in [0, 0.1) is 0 Å². The predicted molar refractivity (Wildman–Crippen MR) is 51.4 cm³/mol. The molecular weight excluding hydrogens is 208 g/mol. The first-order chi connectivity index (χ1) is 6.57. The fraction of sp³-hybridized carbons (Fsp3) is 0.333. The van der Waals surface area contributed by atoms with E-state index in [9.17, 15) is 10.2 Å². The lowest BCUT2D eigenvalue weighted by atomic mass is 10.1. The van der Waals surface area contributed by atoms with Crippen molar-refractivity contribution >= 4 is 11.6 Å². The molecule has 1 atom stereocenters. The monoisotopic (exact) mass is 218 g/mol. The first-order valence-electron chi connectivity index (χ1n) is 4.07. The van der Waals surface area contributed by atoms with Crippen LogP contribution in [0.4, 0.5) is 0 Å². The van der Waals surface area contributed by atoms with Gasteiger partial charge in [-0.3, -0.25) is 0 Å². The van der Waals surface area contributed by atoms with Crippen LogP contribution in [0.1, 0.15) is 18.1 Å². The Labute approximate surface area is 86.0 Å². The number of aromatic hydroxyl groups is 2. The molecule has 5 heteroatoms. The van der Waals surface area contributed by atoms with Gasteiger partial charge in [-0.15, -0.1) is 0 Å². The van der Waals surface area contributed by atoms with Gasteiger partial charge in [-0.1, -0.05) is 17.7 Å². The van der Waals surface area contributed by atoms with Gasteiger partial charge >= 0.3 is 0 Å². The number of aliphatic hydroxyl groups is 2. The van der Waals surface area contributed by atoms with E-state index in [1.165, 1.54) is 12.1 Å². The van der Waals surface area contributed by atoms with E-state index < -0.39 is 11.9 Å². The molecule has 1 aromatic rings. The molecule has 4 N–H and O–H groups in total. The molecule has 1 aromatic carbocycles. The summed E-state index contributed by atoms with van der Waals surface area (Å²) in [6, 6.07) is 2.63. The molecule has 1 rings (SSSR count). The van der Waals surface area contributed by atoms with Gasteiger partial charge in [-0.2, -0.15) is 0 Å². The lowest BCUT2D eigenvalue weighted by Crippen LogP contribution is -2.00. The van der Waals surface area contributed by atoms with Crippen LogP contribution in [0.5, 0.6) is 11.5 Å². The van der Waals surface area contributed by atoms with E-state index >= 15 is 0 Å². The Hall–Kier alpha value is -0.970. The summed E-state index contributed by atoms with van der Waals surface area (Å²) in [6.07, 6.45) is -0.816. The van der Waals surface area contributed by atoms with Crippen LogP contribution in [0.15, 0.2) is 12.1 Å². The van der Waals surface area contributed by atoms with Crippen LogP contribution in [0.25, 0.3) is 0 Å². The summed E-state index contributed by atoms with van der Waals surface area (Å²) in [5, 5.41) is 36.3. The molecule has 4 nitrogen and oxygen atoms in total. The lowest BCUT2D eigenvalue weighted by Gasteiger charge is -2.12. The first-order valence-corrected chi connectivity index (χ1v) is 4.45. The predicted octanol–water partition coefficient (Wildman–Crippen LogP) is 1.17. The van der Waals surface area contributed by atoms with Crippen molar-refractivity contribution in [3.63, 3.8) is 0 Å². The number of benzene rings is 1. The van der Waals surface area contributed by atoms with E-state index in [1.54, 1.807) is 0 Å². The van der Waals surface area contributed by atoms with Crippen molar-refractivity contribution in [2.75, 3.05) is 6.61 Å². The highest BCUT2D eigenvalue weighted by Crippen LogP contribution is 2.38. The Morgan fingerprint density at radius 2 is 1.93 bits per heavy atom. The van der Waals surface area contributed by atoms with E-state index in [0.29, 0.717) is 0 Å². The maximum absolute atomic E-state index is 9.48. The highest BCUT2D eigenvalue weighted by atomic mass is 35.5. The van der Waals surface area contributed by atoms with Gasteiger partial charge in [-0.25, -0.2) is 0 Å². The van der Waals surface area contributed by atoms with Gasteiger partial charge in [0.25, 0.3) is 0 Å². The molecule has 0 unspecified atom stereocenters. The lowest BCUT2D eigenvalue weighted by molar-refractivity contribution is 0.134. The van der Waals surface area contributed by atoms with Crippen molar-refractivity contribution in [3.05, 3.63) is 22.7 Å². The van der Waals surface area contributed by atoms with Gasteiger partial charge in [0.15, 0.2) is 11.5 Å². The molecule has 0 saturated carbocycles. The molecule has 0 fully saturated rings. The van der Waals surface area contributed by atoms with Gasteiger partial charge in [0.05, 0.1) is 11.1 Å². The van der Waals surface area contributed by atoms with E-state index in [2.05, 4.69) is 0 Å². The van der Waals surface area contributed by atoms with Gasteiger partial charge in [0.2, 0.25) is 0 Å². The van der Waals surface area contributed by atoms with Crippen molar-refractivity contribution < 1.29 is 20.4 Å². The van der Waals surface area contributed by atoms with E-state index in [4.69, 9.17) is 21.8 Å². The van der Waals surface area contributed by atoms with Crippen LogP contribution in [-0.2, 0) is 0 Å². The summed E-state index contributed by atoms with van der Waals surface area (Å²) < 4.78 is 0. The third-order valence-corrected chi connectivity index (χ3v) is 2.28. The van der Waals surface area contributed by atoms with Gasteiger partial charge < -0.3 is 20.4 Å². The summed E-state index contributed by atoms with van der Waals surface area (Å²) in [7, 11) is 0. The number of hydrogen-bond donors (Lipinski definition) is 4. The second-order valence-electron chi connectivity index (χ2n) is 2.86. The molecule has 0 radical (unpaired) electrons. The summed E-state index contributed by atoms with van der Waals surface area (Å²) in [5.41, 5.74) is 0.288. The summed E-state index contributed by atoms with van der Waals surface area (Å²) >= 11 is 5.68. The third kappa shape index (κ3) is 2.09. The van der Waals surface area contributed by atoms with Crippen LogP contribution in [0.3, 0.4) is 0 Å². The molecule has 78 valence electrons. The highest BCUT2D eigenvalue weighted by molar-refractivity contribution is 6.33. The summed E-state index contributed by atoms with van der Waals surface area (Å²) in [6.45, 7) is -0.181. The summed E-state index contributed by atoms with van der Waals surface area (Å²) in [4.78, 5) is 0. The van der Waals surface area contributed by atoms with Crippen LogP contribution < -0.4 is 0 Å². The molecule has 0 saturated heterocycles. The highest BCUT2D eigenvalue weighted by Gasteiger charge is 2.15. The van der Waals surface area contributed by atoms with Crippen LogP contribution in [0.2, 0.25) is 5.02 Å². The summed E-state index contributed by atoms with van der Waals surface area (Å²) in [5.74, 6) is -0.795. The zero-order valence-corrected chi connectivity index (χ0v) is 8.07. The molecule has 0 heterocycles. The number of hydrogen-bond acceptors (Lipinski definition) is 4. The van der Waals surface area contributed by atoms with Crippen LogP contribution >= 0.6 is 11.6 Å². The van der Waals surface area contributed by atoms with Crippen molar-refractivity contribution in [2.45, 2.75) is 12.5 Å². The standard InChI is InChI=1S/C9H11ClO4/c10-8-5(6(12)3-4-11)1-2-7(13)9(8)14/h1-2,6,11-14H,3-4H2/t6-/m1/s1. The Morgan fingerprint density at radius 3 is 2.50 bits per heavy atom. The molecule has 0 spiro atoms. The maximum atomic E-state index is 9.48. The SMILES string of the molecule is OCC[C@@H](O)c1ccc(O)c(O)c1Cl. The van der Waals surface area contributed by atoms with Crippen molar-refractivity contribution in [2.24, 2.45) is 0 Å². The molecule has 0 aromatic heterocycles. The smallest absolute Gasteiger partial charge is 0.176 e. The second-order valence-corrected chi connectivity index (χ2v) is 3.24. The third-order valence-electron chi connectivity index (χ3n) is 1.89. The molecule has 14 heavy (non-hydrogen) atoms. The molecule has 0 amide bonds. The van der Waals surface area contributed by atoms with Crippen molar-refractivity contribution in [3.8, 4) is 11.5 Å². The molecule has 0 bridgehead atoms. The minimum atomic E-state index is -0.945. The normalized spacial score (nSPS) is 12.8. The Balaban J connectivity index is 3.04. The van der Waals surface area contributed by atoms with Crippen molar-refractivity contribution in [1.29, 1.82) is 0 Å². The zero-order chi connectivity index (χ0) is 10.7. The largest absolute Gasteiger partial charge is 0.504 e. The number of halogens is 1. The molecule has 0 aliphatic rings. The quantitative estimate of drug-likeness (QED) is 0.574. The van der Waals surface area contributed by atoms with Gasteiger partial charge in [0.1, 0.15) is 0 Å². The number of rotatable bonds is 3. The van der Waals surface area contributed by atoms with Gasteiger partial charge in [0, 0.05) is 18.6 Å². The molecule has 0 aliphatic carbocycles. The van der Waals surface area contributed by atoms with Crippen molar-refractivity contribution in [1.82, 2.24) is 0 Å². The first kappa shape index (κ1) is 11.1. The number of aliphatic hydroxyl groups excluding tert-OH is 2. The minimum absolute atomic E-state index is 0.0917. The topological polar surface area (TPSA) is 80.9 Å². The van der Waals surface area contributed by atoms with E-state index in [0.717, 1.165) is 0 Å². The number of phenols is 2. The Kier molecular flexibility index (Phi) is 3.57. The fourth-order valence-corrected chi connectivity index (χ4v) is 1.39. The molecule has 0 aliphatic heterocycles. The van der Waals surface area contributed by atoms with E-state index in [-0.39, 0.29) is 29.4 Å². The second kappa shape index (κ2) is 4.50. The van der Waals surface area contributed by atoms with E-state index in [1.807, 2.05) is 0 Å². The molecular formula is C9H11ClO4. The minimum Gasteiger partial charge on any atom is -0.504 e. The Bertz CT molecular complexity index is 327. The maximum Gasteiger partial charge on any atom is 0.176 e. The Morgan fingerprint density at radius 1 is 1.29 bits per heavy atom. The van der Waals surface area contributed by atoms with Crippen LogP contribution in [-0.4, -0.2) is 27.0 Å². The van der Waals surface area contributed by atoms with Gasteiger partial charge in [-0.05, 0) is 6.07 Å². The average molecular weight is 219 g/mol. The number of phenolic OH excluding ortho intramolecular Hbond substituents is 2. The average Bonchev–Trinajstić information content (AvgIpc) is 2.15. The fourth-order valence-electron chi connectivity index (χ4n) is 1.11.